The molecule has 148 valence electrons. The van der Waals surface area contributed by atoms with Gasteiger partial charge in [0.05, 0.1) is 11.0 Å². The van der Waals surface area contributed by atoms with Gasteiger partial charge in [-0.05, 0) is 31.9 Å². The lowest BCUT2D eigenvalue weighted by Gasteiger charge is -2.30. The molecule has 9 heteroatoms. The van der Waals surface area contributed by atoms with Crippen LogP contribution in [0.25, 0.3) is 11.0 Å². The molecule has 0 unspecified atom stereocenters. The van der Waals surface area contributed by atoms with Gasteiger partial charge in [0, 0.05) is 6.54 Å². The SMILES string of the molecule is CCn1c(=O)n(CC(=O)NN2C(=O)NC3(CCCCC3)C2=O)c2ccccc21. The predicted molar refractivity (Wildman–Crippen MR) is 101 cm³/mol. The first-order valence-corrected chi connectivity index (χ1v) is 9.61. The highest BCUT2D eigenvalue weighted by Crippen LogP contribution is 2.32. The van der Waals surface area contributed by atoms with Crippen LogP contribution in [0.5, 0.6) is 0 Å². The number of nitrogens with zero attached hydrogens (tertiary/aromatic N) is 3. The molecular weight excluding hydrogens is 362 g/mol. The topological polar surface area (TPSA) is 105 Å². The minimum atomic E-state index is -0.905. The number of carbonyl (C=O) groups excluding carboxylic acids is 3. The molecule has 2 fully saturated rings. The van der Waals surface area contributed by atoms with Gasteiger partial charge in [-0.15, -0.1) is 0 Å². The standard InChI is InChI=1S/C19H23N5O4/c1-2-22-13-8-4-5-9-14(13)23(18(22)28)12-15(25)21-24-16(26)19(20-17(24)27)10-6-3-7-11-19/h4-5,8-9H,2-3,6-7,10-12H2,1H3,(H,20,27)(H,21,25). The molecule has 1 aromatic heterocycles. The average molecular weight is 385 g/mol. The summed E-state index contributed by atoms with van der Waals surface area (Å²) < 4.78 is 2.93. The van der Waals surface area contributed by atoms with Crippen LogP contribution in [-0.2, 0) is 22.7 Å². The summed E-state index contributed by atoms with van der Waals surface area (Å²) >= 11 is 0. The Morgan fingerprint density at radius 1 is 1.07 bits per heavy atom. The summed E-state index contributed by atoms with van der Waals surface area (Å²) in [7, 11) is 0. The summed E-state index contributed by atoms with van der Waals surface area (Å²) in [5, 5.41) is 3.50. The number of hydrogen-bond donors (Lipinski definition) is 2. The minimum Gasteiger partial charge on any atom is -0.322 e. The molecule has 1 aliphatic carbocycles. The highest BCUT2D eigenvalue weighted by Gasteiger charge is 2.52. The molecular formula is C19H23N5O4. The Kier molecular flexibility index (Phi) is 4.44. The summed E-state index contributed by atoms with van der Waals surface area (Å²) in [5.74, 6) is -1.02. The van der Waals surface area contributed by atoms with Crippen LogP contribution in [0.15, 0.2) is 29.1 Å². The van der Waals surface area contributed by atoms with Gasteiger partial charge in [0.1, 0.15) is 12.1 Å². The molecule has 1 spiro atoms. The van der Waals surface area contributed by atoms with Crippen LogP contribution >= 0.6 is 0 Å². The number of imide groups is 1. The molecule has 0 atom stereocenters. The Labute approximate surface area is 161 Å². The van der Waals surface area contributed by atoms with Gasteiger partial charge in [-0.3, -0.25) is 24.1 Å². The van der Waals surface area contributed by atoms with Crippen molar-refractivity contribution in [2.75, 3.05) is 0 Å². The Bertz CT molecular complexity index is 1010. The molecule has 0 bridgehead atoms. The third-order valence-corrected chi connectivity index (χ3v) is 5.65. The van der Waals surface area contributed by atoms with E-state index in [1.54, 1.807) is 16.7 Å². The number of rotatable bonds is 4. The Hall–Kier alpha value is -3.10. The molecule has 2 aromatic rings. The van der Waals surface area contributed by atoms with Gasteiger partial charge in [-0.2, -0.15) is 5.01 Å². The van der Waals surface area contributed by atoms with Crippen molar-refractivity contribution in [3.05, 3.63) is 34.7 Å². The molecule has 2 aliphatic rings. The van der Waals surface area contributed by atoms with E-state index in [9.17, 15) is 19.2 Å². The molecule has 2 heterocycles. The molecule has 1 saturated carbocycles. The lowest BCUT2D eigenvalue weighted by atomic mass is 9.82. The minimum absolute atomic E-state index is 0.281. The number of nitrogens with one attached hydrogen (secondary N) is 2. The molecule has 0 radical (unpaired) electrons. The number of hydrazine groups is 1. The van der Waals surface area contributed by atoms with Gasteiger partial charge in [-0.1, -0.05) is 31.4 Å². The van der Waals surface area contributed by atoms with Crippen molar-refractivity contribution >= 4 is 28.9 Å². The number of aromatic nitrogens is 2. The zero-order chi connectivity index (χ0) is 19.9. The van der Waals surface area contributed by atoms with E-state index in [2.05, 4.69) is 10.7 Å². The molecule has 9 nitrogen and oxygen atoms in total. The third-order valence-electron chi connectivity index (χ3n) is 5.65. The summed E-state index contributed by atoms with van der Waals surface area (Å²) in [5.41, 5.74) is 2.54. The number of benzene rings is 1. The van der Waals surface area contributed by atoms with Crippen molar-refractivity contribution < 1.29 is 14.4 Å². The maximum Gasteiger partial charge on any atom is 0.344 e. The molecule has 1 aromatic carbocycles. The second-order valence-electron chi connectivity index (χ2n) is 7.35. The Morgan fingerprint density at radius 3 is 2.36 bits per heavy atom. The lowest BCUT2D eigenvalue weighted by Crippen LogP contribution is -2.51. The normalized spacial score (nSPS) is 18.7. The van der Waals surface area contributed by atoms with Crippen molar-refractivity contribution in [1.82, 2.24) is 24.9 Å². The number of amides is 4. The van der Waals surface area contributed by atoms with Gasteiger partial charge in [0.2, 0.25) is 0 Å². The molecule has 2 N–H and O–H groups in total. The molecule has 1 aliphatic heterocycles. The summed E-state index contributed by atoms with van der Waals surface area (Å²) in [6, 6.07) is 6.58. The largest absolute Gasteiger partial charge is 0.344 e. The van der Waals surface area contributed by atoms with Crippen molar-refractivity contribution in [2.45, 2.75) is 57.7 Å². The van der Waals surface area contributed by atoms with Crippen molar-refractivity contribution in [3.63, 3.8) is 0 Å². The number of para-hydroxylation sites is 2. The van der Waals surface area contributed by atoms with E-state index in [0.29, 0.717) is 24.9 Å². The zero-order valence-electron chi connectivity index (χ0n) is 15.7. The molecule has 1 saturated heterocycles. The smallest absolute Gasteiger partial charge is 0.322 e. The van der Waals surface area contributed by atoms with Crippen molar-refractivity contribution in [3.8, 4) is 0 Å². The first kappa shape index (κ1) is 18.3. The highest BCUT2D eigenvalue weighted by atomic mass is 16.2. The van der Waals surface area contributed by atoms with Crippen molar-refractivity contribution in [2.24, 2.45) is 0 Å². The number of aryl methyl sites for hydroxylation is 1. The second kappa shape index (κ2) is 6.81. The van der Waals surface area contributed by atoms with E-state index in [4.69, 9.17) is 0 Å². The maximum atomic E-state index is 12.8. The van der Waals surface area contributed by atoms with Gasteiger partial charge in [-0.25, -0.2) is 9.59 Å². The number of carbonyl (C=O) groups is 3. The van der Waals surface area contributed by atoms with E-state index in [0.717, 1.165) is 29.8 Å². The van der Waals surface area contributed by atoms with Crippen LogP contribution < -0.4 is 16.4 Å². The number of urea groups is 1. The van der Waals surface area contributed by atoms with Gasteiger partial charge in [0.15, 0.2) is 0 Å². The molecule has 4 amide bonds. The van der Waals surface area contributed by atoms with Crippen LogP contribution in [0.2, 0.25) is 0 Å². The number of fused-ring (bicyclic) bond motifs is 1. The maximum absolute atomic E-state index is 12.8. The Balaban J connectivity index is 1.55. The second-order valence-corrected chi connectivity index (χ2v) is 7.35. The van der Waals surface area contributed by atoms with Crippen LogP contribution in [0.4, 0.5) is 4.79 Å². The summed E-state index contributed by atoms with van der Waals surface area (Å²) in [6.45, 7) is 2.05. The fourth-order valence-electron chi connectivity index (χ4n) is 4.25. The lowest BCUT2D eigenvalue weighted by molar-refractivity contribution is -0.140. The monoisotopic (exact) mass is 385 g/mol. The average Bonchev–Trinajstić information content (AvgIpc) is 3.08. The Morgan fingerprint density at radius 2 is 1.71 bits per heavy atom. The van der Waals surface area contributed by atoms with Crippen LogP contribution in [0, 0.1) is 0 Å². The predicted octanol–water partition coefficient (Wildman–Crippen LogP) is 1.11. The van der Waals surface area contributed by atoms with Crippen LogP contribution in [0.1, 0.15) is 39.0 Å². The van der Waals surface area contributed by atoms with E-state index >= 15 is 0 Å². The van der Waals surface area contributed by atoms with E-state index in [1.807, 2.05) is 19.1 Å². The van der Waals surface area contributed by atoms with E-state index < -0.39 is 23.4 Å². The van der Waals surface area contributed by atoms with Gasteiger partial charge >= 0.3 is 11.7 Å². The first-order chi connectivity index (χ1) is 13.5. The molecule has 28 heavy (non-hydrogen) atoms. The fraction of sp³-hybridized carbons (Fsp3) is 0.474. The number of hydrogen-bond acceptors (Lipinski definition) is 4. The van der Waals surface area contributed by atoms with E-state index in [-0.39, 0.29) is 12.2 Å². The quantitative estimate of drug-likeness (QED) is 0.769. The van der Waals surface area contributed by atoms with Crippen molar-refractivity contribution in [1.29, 1.82) is 0 Å². The van der Waals surface area contributed by atoms with E-state index in [1.165, 1.54) is 4.57 Å². The third kappa shape index (κ3) is 2.78. The van der Waals surface area contributed by atoms with Gasteiger partial charge < -0.3 is 5.32 Å². The van der Waals surface area contributed by atoms with Gasteiger partial charge in [0.25, 0.3) is 11.8 Å². The first-order valence-electron chi connectivity index (χ1n) is 9.61. The number of imidazole rings is 1. The van der Waals surface area contributed by atoms with Crippen LogP contribution in [0.3, 0.4) is 0 Å². The van der Waals surface area contributed by atoms with Crippen LogP contribution in [-0.4, -0.2) is 37.5 Å². The summed E-state index contributed by atoms with van der Waals surface area (Å²) in [4.78, 5) is 50.3. The highest BCUT2D eigenvalue weighted by molar-refractivity contribution is 6.08. The summed E-state index contributed by atoms with van der Waals surface area (Å²) in [6.07, 6.45) is 3.90. The fourth-order valence-corrected chi connectivity index (χ4v) is 4.25. The zero-order valence-corrected chi connectivity index (χ0v) is 15.7. The molecule has 4 rings (SSSR count).